The van der Waals surface area contributed by atoms with Gasteiger partial charge >= 0.3 is 0 Å². The van der Waals surface area contributed by atoms with E-state index in [1.54, 1.807) is 10.5 Å². The quantitative estimate of drug-likeness (QED) is 0.650. The molecule has 0 amide bonds. The van der Waals surface area contributed by atoms with E-state index in [0.29, 0.717) is 11.5 Å². The third kappa shape index (κ3) is 2.75. The molecule has 1 aliphatic rings. The molecule has 0 bridgehead atoms. The summed E-state index contributed by atoms with van der Waals surface area (Å²) < 4.78 is 15.1. The SMILES string of the molecule is Cc1nc2ccc(F)cn2c1N=Nc1ccc(N2CCCC2)cc1. The first kappa shape index (κ1) is 14.8. The van der Waals surface area contributed by atoms with Gasteiger partial charge in [-0.15, -0.1) is 10.2 Å². The first-order chi connectivity index (χ1) is 11.7. The van der Waals surface area contributed by atoms with E-state index in [1.165, 1.54) is 30.8 Å². The highest BCUT2D eigenvalue weighted by atomic mass is 19.1. The Balaban J connectivity index is 1.60. The molecule has 0 saturated carbocycles. The average molecular weight is 323 g/mol. The van der Waals surface area contributed by atoms with Gasteiger partial charge in [0.15, 0.2) is 5.82 Å². The van der Waals surface area contributed by atoms with E-state index in [-0.39, 0.29) is 5.82 Å². The van der Waals surface area contributed by atoms with Gasteiger partial charge in [0.1, 0.15) is 11.5 Å². The summed E-state index contributed by atoms with van der Waals surface area (Å²) in [6.07, 6.45) is 3.89. The van der Waals surface area contributed by atoms with Crippen LogP contribution in [0, 0.1) is 12.7 Å². The fourth-order valence-corrected chi connectivity index (χ4v) is 3.05. The lowest BCUT2D eigenvalue weighted by molar-refractivity contribution is 0.619. The van der Waals surface area contributed by atoms with E-state index < -0.39 is 0 Å². The summed E-state index contributed by atoms with van der Waals surface area (Å²) >= 11 is 0. The standard InChI is InChI=1S/C18H18FN5/c1-13-18(24-12-14(19)4-9-17(24)20-13)22-21-15-5-7-16(8-6-15)23-10-2-3-11-23/h4-9,12H,2-3,10-11H2,1H3. The maximum absolute atomic E-state index is 13.5. The summed E-state index contributed by atoms with van der Waals surface area (Å²) in [7, 11) is 0. The molecule has 3 heterocycles. The van der Waals surface area contributed by atoms with Gasteiger partial charge in [0.25, 0.3) is 0 Å². The summed E-state index contributed by atoms with van der Waals surface area (Å²) in [6.45, 7) is 4.08. The molecule has 0 N–H and O–H groups in total. The van der Waals surface area contributed by atoms with Crippen molar-refractivity contribution in [2.45, 2.75) is 19.8 Å². The summed E-state index contributed by atoms with van der Waals surface area (Å²) in [4.78, 5) is 6.74. The van der Waals surface area contributed by atoms with E-state index in [2.05, 4.69) is 32.2 Å². The number of hydrogen-bond acceptors (Lipinski definition) is 4. The molecule has 1 aliphatic heterocycles. The van der Waals surface area contributed by atoms with Gasteiger partial charge in [-0.25, -0.2) is 9.37 Å². The topological polar surface area (TPSA) is 45.3 Å². The van der Waals surface area contributed by atoms with Crippen LogP contribution in [0.1, 0.15) is 18.5 Å². The molecule has 0 radical (unpaired) electrons. The number of benzene rings is 1. The Hall–Kier alpha value is -2.76. The first-order valence-electron chi connectivity index (χ1n) is 8.12. The van der Waals surface area contributed by atoms with Crippen molar-refractivity contribution in [2.75, 3.05) is 18.0 Å². The molecule has 0 unspecified atom stereocenters. The molecule has 0 atom stereocenters. The van der Waals surface area contributed by atoms with E-state index in [4.69, 9.17) is 0 Å². The molecular formula is C18H18FN5. The van der Waals surface area contributed by atoms with Crippen LogP contribution in [-0.2, 0) is 0 Å². The molecule has 4 rings (SSSR count). The normalized spacial score (nSPS) is 15.0. The molecule has 2 aromatic heterocycles. The van der Waals surface area contributed by atoms with Crippen molar-refractivity contribution < 1.29 is 4.39 Å². The van der Waals surface area contributed by atoms with E-state index >= 15 is 0 Å². The Morgan fingerprint density at radius 3 is 2.50 bits per heavy atom. The highest BCUT2D eigenvalue weighted by Gasteiger charge is 2.12. The van der Waals surface area contributed by atoms with Gasteiger partial charge in [-0.2, -0.15) is 0 Å². The van der Waals surface area contributed by atoms with Gasteiger partial charge in [-0.1, -0.05) is 0 Å². The zero-order valence-corrected chi connectivity index (χ0v) is 13.5. The number of imidazole rings is 1. The van der Waals surface area contributed by atoms with Crippen molar-refractivity contribution in [3.63, 3.8) is 0 Å². The largest absolute Gasteiger partial charge is 0.372 e. The van der Waals surface area contributed by atoms with Crippen LogP contribution in [0.15, 0.2) is 52.8 Å². The molecular weight excluding hydrogens is 305 g/mol. The van der Waals surface area contributed by atoms with Gasteiger partial charge in [0, 0.05) is 25.0 Å². The second-order valence-corrected chi connectivity index (χ2v) is 6.01. The van der Waals surface area contributed by atoms with Gasteiger partial charge in [-0.05, 0) is 56.2 Å². The van der Waals surface area contributed by atoms with Crippen molar-refractivity contribution in [2.24, 2.45) is 10.2 Å². The summed E-state index contributed by atoms with van der Waals surface area (Å²) in [5, 5.41) is 8.56. The van der Waals surface area contributed by atoms with Crippen molar-refractivity contribution in [1.82, 2.24) is 9.38 Å². The van der Waals surface area contributed by atoms with Crippen molar-refractivity contribution in [3.8, 4) is 0 Å². The minimum atomic E-state index is -0.327. The lowest BCUT2D eigenvalue weighted by atomic mass is 10.2. The number of pyridine rings is 1. The third-order valence-electron chi connectivity index (χ3n) is 4.31. The number of halogens is 1. The van der Waals surface area contributed by atoms with Crippen molar-refractivity contribution in [3.05, 3.63) is 54.1 Å². The number of anilines is 1. The van der Waals surface area contributed by atoms with Gasteiger partial charge in [0.05, 0.1) is 11.4 Å². The van der Waals surface area contributed by atoms with E-state index in [1.807, 2.05) is 19.1 Å². The molecule has 0 aliphatic carbocycles. The fraction of sp³-hybridized carbons (Fsp3) is 0.278. The minimum Gasteiger partial charge on any atom is -0.372 e. The molecule has 24 heavy (non-hydrogen) atoms. The van der Waals surface area contributed by atoms with Crippen LogP contribution in [0.25, 0.3) is 5.65 Å². The Kier molecular flexibility index (Phi) is 3.72. The second-order valence-electron chi connectivity index (χ2n) is 6.01. The predicted molar refractivity (Wildman–Crippen MR) is 92.0 cm³/mol. The smallest absolute Gasteiger partial charge is 0.182 e. The summed E-state index contributed by atoms with van der Waals surface area (Å²) in [5.74, 6) is 0.222. The van der Waals surface area contributed by atoms with Crippen molar-refractivity contribution in [1.29, 1.82) is 0 Å². The second kappa shape index (κ2) is 6.03. The summed E-state index contributed by atoms with van der Waals surface area (Å²) in [6, 6.07) is 11.1. The van der Waals surface area contributed by atoms with Crippen LogP contribution in [0.2, 0.25) is 0 Å². The van der Waals surface area contributed by atoms with E-state index in [0.717, 1.165) is 24.5 Å². The molecule has 1 saturated heterocycles. The number of azo groups is 1. The lowest BCUT2D eigenvalue weighted by Gasteiger charge is -2.17. The van der Waals surface area contributed by atoms with Crippen LogP contribution >= 0.6 is 0 Å². The van der Waals surface area contributed by atoms with Gasteiger partial charge in [-0.3, -0.25) is 4.40 Å². The highest BCUT2D eigenvalue weighted by molar-refractivity contribution is 5.54. The Bertz CT molecular complexity index is 892. The molecule has 1 fully saturated rings. The summed E-state index contributed by atoms with van der Waals surface area (Å²) in [5.41, 5.74) is 3.37. The maximum Gasteiger partial charge on any atom is 0.182 e. The zero-order chi connectivity index (χ0) is 16.5. The number of rotatable bonds is 3. The predicted octanol–water partition coefficient (Wildman–Crippen LogP) is 4.80. The number of aryl methyl sites for hydroxylation is 1. The van der Waals surface area contributed by atoms with Crippen LogP contribution in [0.5, 0.6) is 0 Å². The van der Waals surface area contributed by atoms with Crippen LogP contribution in [0.4, 0.5) is 21.6 Å². The zero-order valence-electron chi connectivity index (χ0n) is 13.5. The molecule has 122 valence electrons. The Labute approximate surface area is 139 Å². The van der Waals surface area contributed by atoms with E-state index in [9.17, 15) is 4.39 Å². The Morgan fingerprint density at radius 2 is 1.75 bits per heavy atom. The maximum atomic E-state index is 13.5. The van der Waals surface area contributed by atoms with Crippen LogP contribution < -0.4 is 4.90 Å². The van der Waals surface area contributed by atoms with Gasteiger partial charge < -0.3 is 4.90 Å². The highest BCUT2D eigenvalue weighted by Crippen LogP contribution is 2.26. The van der Waals surface area contributed by atoms with Gasteiger partial charge in [0.2, 0.25) is 0 Å². The number of fused-ring (bicyclic) bond motifs is 1. The van der Waals surface area contributed by atoms with Crippen LogP contribution in [-0.4, -0.2) is 22.5 Å². The fourth-order valence-electron chi connectivity index (χ4n) is 3.05. The lowest BCUT2D eigenvalue weighted by Crippen LogP contribution is -2.17. The monoisotopic (exact) mass is 323 g/mol. The molecule has 3 aromatic rings. The van der Waals surface area contributed by atoms with Crippen molar-refractivity contribution >= 4 is 22.8 Å². The first-order valence-corrected chi connectivity index (χ1v) is 8.12. The average Bonchev–Trinajstić information content (AvgIpc) is 3.21. The molecule has 5 nitrogen and oxygen atoms in total. The number of nitrogens with zero attached hydrogens (tertiary/aromatic N) is 5. The third-order valence-corrected chi connectivity index (χ3v) is 4.31. The molecule has 6 heteroatoms. The minimum absolute atomic E-state index is 0.327. The molecule has 0 spiro atoms. The number of hydrogen-bond donors (Lipinski definition) is 0. The van der Waals surface area contributed by atoms with Crippen LogP contribution in [0.3, 0.4) is 0 Å². The number of aromatic nitrogens is 2. The Morgan fingerprint density at radius 1 is 1.00 bits per heavy atom. The molecule has 1 aromatic carbocycles.